The molecule has 0 aliphatic carbocycles. The Kier molecular flexibility index (Phi) is 11.8. The van der Waals surface area contributed by atoms with Crippen LogP contribution >= 0.6 is 30.4 Å². The molecule has 224 valence electrons. The summed E-state index contributed by atoms with van der Waals surface area (Å²) in [6.45, 7) is 0. The van der Waals surface area contributed by atoms with E-state index in [0.717, 1.165) is 25.6 Å². The lowest BCUT2D eigenvalue weighted by atomic mass is 10.1. The molecule has 0 saturated carbocycles. The van der Waals surface area contributed by atoms with Crippen molar-refractivity contribution in [3.05, 3.63) is 81.1 Å². The third kappa shape index (κ3) is 8.97. The average Bonchev–Trinajstić information content (AvgIpc) is 3.37. The molecule has 13 heteroatoms. The zero-order valence-corrected chi connectivity index (χ0v) is 26.4. The number of carbonyl (C=O) groups excluding carboxylic acids is 1. The van der Waals surface area contributed by atoms with Gasteiger partial charge in [0.05, 0.1) is 32.0 Å². The van der Waals surface area contributed by atoms with Crippen LogP contribution in [0.25, 0.3) is 23.1 Å². The number of nitrogens with one attached hydrogen (secondary N) is 1. The minimum atomic E-state index is -4.69. The number of aromatic amines is 1. The van der Waals surface area contributed by atoms with Gasteiger partial charge in [-0.1, -0.05) is 36.4 Å². The number of methoxy groups -OCH3 is 4. The van der Waals surface area contributed by atoms with E-state index in [4.69, 9.17) is 29.7 Å². The van der Waals surface area contributed by atoms with E-state index in [-0.39, 0.29) is 17.5 Å². The van der Waals surface area contributed by atoms with Crippen molar-refractivity contribution in [3.63, 3.8) is 0 Å². The zero-order chi connectivity index (χ0) is 30.9. The number of benzene rings is 3. The van der Waals surface area contributed by atoms with Crippen molar-refractivity contribution in [2.75, 3.05) is 28.4 Å². The van der Waals surface area contributed by atoms with Gasteiger partial charge in [-0.15, -0.1) is 0 Å². The van der Waals surface area contributed by atoms with E-state index in [9.17, 15) is 9.36 Å². The number of esters is 1. The number of hydrogen-bond donors (Lipinski definition) is 4. The topological polar surface area (TPSA) is 163 Å². The molecule has 0 aliphatic heterocycles. The van der Waals surface area contributed by atoms with E-state index in [1.807, 2.05) is 48.7 Å². The van der Waals surface area contributed by atoms with Crippen LogP contribution in [-0.4, -0.2) is 55.2 Å². The van der Waals surface area contributed by atoms with Crippen LogP contribution in [0.15, 0.2) is 60.8 Å². The average molecular weight is 710 g/mol. The molecule has 0 unspecified atom stereocenters. The van der Waals surface area contributed by atoms with Gasteiger partial charge in [-0.3, -0.25) is 14.6 Å². The molecule has 4 rings (SSSR count). The second-order valence-electron chi connectivity index (χ2n) is 8.76. The van der Waals surface area contributed by atoms with Crippen LogP contribution < -0.4 is 24.5 Å². The number of phosphoric acid groups is 1. The Hall–Kier alpha value is -3.55. The van der Waals surface area contributed by atoms with Crippen molar-refractivity contribution in [2.24, 2.45) is 5.73 Å². The zero-order valence-electron chi connectivity index (χ0n) is 23.4. The molecule has 0 radical (unpaired) electrons. The van der Waals surface area contributed by atoms with E-state index in [2.05, 4.69) is 36.8 Å². The molecule has 1 aromatic heterocycles. The lowest BCUT2D eigenvalue weighted by molar-refractivity contribution is -0.142. The quantitative estimate of drug-likeness (QED) is 0.0748. The molecule has 4 aromatic rings. The Balaban J connectivity index is 0.000000258. The van der Waals surface area contributed by atoms with Crippen LogP contribution in [0.5, 0.6) is 23.0 Å². The Bertz CT molecular complexity index is 1600. The summed E-state index contributed by atoms with van der Waals surface area (Å²) in [6, 6.07) is 15.9. The fourth-order valence-corrected chi connectivity index (χ4v) is 5.24. The fourth-order valence-electron chi connectivity index (χ4n) is 4.00. The first-order valence-corrected chi connectivity index (χ1v) is 15.0. The molecule has 0 fully saturated rings. The number of fused-ring (bicyclic) bond motifs is 1. The Morgan fingerprint density at radius 1 is 0.952 bits per heavy atom. The van der Waals surface area contributed by atoms with Crippen molar-refractivity contribution in [1.82, 2.24) is 4.98 Å². The summed E-state index contributed by atoms with van der Waals surface area (Å²) in [6.07, 6.45) is 5.99. The minimum Gasteiger partial charge on any atom is -0.493 e. The summed E-state index contributed by atoms with van der Waals surface area (Å²) in [5, 5.41) is 1.10. The monoisotopic (exact) mass is 710 g/mol. The summed E-state index contributed by atoms with van der Waals surface area (Å²) >= 11 is 2.16. The molecular formula is C29H32IN2O9P. The number of H-pyrrole nitrogens is 1. The predicted molar refractivity (Wildman–Crippen MR) is 169 cm³/mol. The molecule has 3 aromatic carbocycles. The van der Waals surface area contributed by atoms with Crippen LogP contribution in [0, 0.1) is 3.57 Å². The molecule has 0 amide bonds. The van der Waals surface area contributed by atoms with Gasteiger partial charge in [0.2, 0.25) is 0 Å². The van der Waals surface area contributed by atoms with Crippen molar-refractivity contribution < 1.29 is 42.6 Å². The number of rotatable bonds is 10. The minimum absolute atomic E-state index is 0.0372. The van der Waals surface area contributed by atoms with E-state index in [1.54, 1.807) is 32.4 Å². The van der Waals surface area contributed by atoms with Gasteiger partial charge in [0.1, 0.15) is 6.04 Å². The Morgan fingerprint density at radius 3 is 2.26 bits per heavy atom. The maximum Gasteiger partial charge on any atom is 0.524 e. The molecule has 0 bridgehead atoms. The van der Waals surface area contributed by atoms with Crippen molar-refractivity contribution >= 4 is 59.4 Å². The van der Waals surface area contributed by atoms with E-state index < -0.39 is 13.9 Å². The van der Waals surface area contributed by atoms with Gasteiger partial charge in [0.15, 0.2) is 23.0 Å². The van der Waals surface area contributed by atoms with Crippen molar-refractivity contribution in [2.45, 2.75) is 12.5 Å². The SMILES string of the molecule is COC(=O)[C@@H](N)Cc1c[nH]c2ccccc12.COc1ccc(/C=C\c2cc(I)c(OC)c(OC)c2)cc1OP(=O)(O)O. The van der Waals surface area contributed by atoms with E-state index in [0.29, 0.717) is 23.5 Å². The molecule has 11 nitrogen and oxygen atoms in total. The number of nitrogens with two attached hydrogens (primary N) is 1. The maximum atomic E-state index is 11.2. The van der Waals surface area contributed by atoms with Crippen molar-refractivity contribution in [3.8, 4) is 23.0 Å². The summed E-state index contributed by atoms with van der Waals surface area (Å²) in [4.78, 5) is 32.4. The lowest BCUT2D eigenvalue weighted by Gasteiger charge is -2.12. The predicted octanol–water partition coefficient (Wildman–Crippen LogP) is 5.17. The normalized spacial score (nSPS) is 11.9. The summed E-state index contributed by atoms with van der Waals surface area (Å²) in [7, 11) is 1.19. The Labute approximate surface area is 257 Å². The number of phosphoric ester groups is 1. The number of aromatic nitrogens is 1. The first kappa shape index (κ1) is 33.0. The van der Waals surface area contributed by atoms with Gasteiger partial charge in [-0.25, -0.2) is 4.57 Å². The van der Waals surface area contributed by atoms with Gasteiger partial charge in [-0.2, -0.15) is 0 Å². The van der Waals surface area contributed by atoms with Gasteiger partial charge in [0.25, 0.3) is 0 Å². The fraction of sp³-hybridized carbons (Fsp3) is 0.207. The highest BCUT2D eigenvalue weighted by Crippen LogP contribution is 2.42. The molecule has 0 saturated heterocycles. The van der Waals surface area contributed by atoms with Gasteiger partial charge in [0, 0.05) is 23.5 Å². The van der Waals surface area contributed by atoms with Gasteiger partial charge >= 0.3 is 13.8 Å². The van der Waals surface area contributed by atoms with Crippen LogP contribution in [0.2, 0.25) is 0 Å². The number of carbonyl (C=O) groups is 1. The highest BCUT2D eigenvalue weighted by molar-refractivity contribution is 14.1. The molecule has 42 heavy (non-hydrogen) atoms. The molecular weight excluding hydrogens is 678 g/mol. The lowest BCUT2D eigenvalue weighted by Crippen LogP contribution is -2.33. The smallest absolute Gasteiger partial charge is 0.493 e. The molecule has 1 heterocycles. The van der Waals surface area contributed by atoms with Gasteiger partial charge in [-0.05, 0) is 69.6 Å². The van der Waals surface area contributed by atoms with Crippen LogP contribution in [0.4, 0.5) is 0 Å². The van der Waals surface area contributed by atoms with Crippen LogP contribution in [0.3, 0.4) is 0 Å². The third-order valence-corrected chi connectivity index (χ3v) is 7.18. The number of halogens is 1. The molecule has 1 atom stereocenters. The second-order valence-corrected chi connectivity index (χ2v) is 11.1. The number of hydrogen-bond acceptors (Lipinski definition) is 8. The third-order valence-electron chi connectivity index (χ3n) is 5.95. The number of ether oxygens (including phenoxy) is 4. The van der Waals surface area contributed by atoms with Crippen molar-refractivity contribution in [1.29, 1.82) is 0 Å². The standard InChI is InChI=1S/C17H18IO7P.C12H14N2O2/c1-22-14-7-6-11(9-15(14)25-26(19,20)21)4-5-12-8-13(18)17(24-3)16(10-12)23-2;1-16-12(15)10(13)6-8-7-14-11-5-3-2-4-9(8)11/h4-10H,1-3H3,(H2,19,20,21);2-5,7,10,14H,6,13H2,1H3/b5-4-;/t;10-/m.0/s1. The van der Waals surface area contributed by atoms with Crippen LogP contribution in [0.1, 0.15) is 16.7 Å². The summed E-state index contributed by atoms with van der Waals surface area (Å²) in [5.41, 5.74) is 9.36. The van der Waals surface area contributed by atoms with Gasteiger partial charge < -0.3 is 34.2 Å². The summed E-state index contributed by atoms with van der Waals surface area (Å²) in [5.74, 6) is 1.08. The summed E-state index contributed by atoms with van der Waals surface area (Å²) < 4.78 is 37.0. The van der Waals surface area contributed by atoms with E-state index in [1.165, 1.54) is 20.3 Å². The molecule has 0 aliphatic rings. The first-order chi connectivity index (χ1) is 20.0. The van der Waals surface area contributed by atoms with E-state index >= 15 is 0 Å². The Morgan fingerprint density at radius 2 is 1.62 bits per heavy atom. The highest BCUT2D eigenvalue weighted by atomic mass is 127. The molecule has 0 spiro atoms. The van der Waals surface area contributed by atoms with Crippen LogP contribution in [-0.2, 0) is 20.5 Å². The second kappa shape index (κ2) is 15.1. The first-order valence-electron chi connectivity index (χ1n) is 12.4. The highest BCUT2D eigenvalue weighted by Gasteiger charge is 2.19. The maximum absolute atomic E-state index is 11.2. The number of para-hydroxylation sites is 1. The molecule has 5 N–H and O–H groups in total. The largest absolute Gasteiger partial charge is 0.524 e.